The lowest BCUT2D eigenvalue weighted by molar-refractivity contribution is 0.0605. The minimum Gasteiger partial charge on any atom is -0.465 e. The van der Waals surface area contributed by atoms with E-state index in [1.54, 1.807) is 6.92 Å². The van der Waals surface area contributed by atoms with Gasteiger partial charge in [0.05, 0.1) is 19.0 Å². The highest BCUT2D eigenvalue weighted by atomic mass is 32.1. The van der Waals surface area contributed by atoms with Gasteiger partial charge in [0, 0.05) is 6.04 Å². The van der Waals surface area contributed by atoms with E-state index in [1.165, 1.54) is 34.8 Å². The van der Waals surface area contributed by atoms with Crippen molar-refractivity contribution < 1.29 is 9.53 Å². The van der Waals surface area contributed by atoms with Crippen molar-refractivity contribution in [3.05, 3.63) is 74.6 Å². The Kier molecular flexibility index (Phi) is 5.17. The number of rotatable bonds is 5. The fourth-order valence-electron chi connectivity index (χ4n) is 3.55. The Labute approximate surface area is 171 Å². The summed E-state index contributed by atoms with van der Waals surface area (Å²) in [6, 6.07) is 14.6. The molecule has 0 bridgehead atoms. The first-order valence-electron chi connectivity index (χ1n) is 9.31. The number of carbonyl (C=O) groups is 1. The molecule has 0 saturated heterocycles. The highest BCUT2D eigenvalue weighted by Gasteiger charge is 2.20. The number of methoxy groups -OCH3 is 1. The molecule has 2 heterocycles. The molecule has 29 heavy (non-hydrogen) atoms. The number of fused-ring (bicyclic) bond motifs is 2. The topological polar surface area (TPSA) is 84.1 Å². The Morgan fingerprint density at radius 2 is 2.00 bits per heavy atom. The van der Waals surface area contributed by atoms with Gasteiger partial charge < -0.3 is 15.0 Å². The maximum Gasteiger partial charge on any atom is 0.348 e. The summed E-state index contributed by atoms with van der Waals surface area (Å²) in [6.07, 6.45) is 0. The van der Waals surface area contributed by atoms with Crippen LogP contribution in [-0.4, -0.2) is 23.0 Å². The van der Waals surface area contributed by atoms with Crippen LogP contribution in [0.5, 0.6) is 0 Å². The van der Waals surface area contributed by atoms with Gasteiger partial charge >= 0.3 is 5.97 Å². The van der Waals surface area contributed by atoms with Crippen molar-refractivity contribution in [2.75, 3.05) is 7.11 Å². The van der Waals surface area contributed by atoms with Crippen LogP contribution in [-0.2, 0) is 11.3 Å². The number of carbonyl (C=O) groups excluding carboxylic acids is 1. The smallest absolute Gasteiger partial charge is 0.348 e. The minimum absolute atomic E-state index is 0.0674. The van der Waals surface area contributed by atoms with E-state index in [0.717, 1.165) is 0 Å². The second kappa shape index (κ2) is 7.77. The van der Waals surface area contributed by atoms with E-state index in [-0.39, 0.29) is 11.6 Å². The third-order valence-electron chi connectivity index (χ3n) is 5.09. The molecular weight excluding hydrogens is 386 g/mol. The van der Waals surface area contributed by atoms with Crippen LogP contribution in [0.2, 0.25) is 0 Å². The molecule has 148 valence electrons. The van der Waals surface area contributed by atoms with Crippen LogP contribution in [0.15, 0.2) is 47.3 Å². The number of thiophene rings is 1. The van der Waals surface area contributed by atoms with Gasteiger partial charge in [-0.3, -0.25) is 4.79 Å². The van der Waals surface area contributed by atoms with E-state index in [1.807, 2.05) is 18.2 Å². The van der Waals surface area contributed by atoms with Crippen molar-refractivity contribution in [1.29, 1.82) is 0 Å². The summed E-state index contributed by atoms with van der Waals surface area (Å²) in [5.41, 5.74) is 1.55. The van der Waals surface area contributed by atoms with Crippen molar-refractivity contribution in [1.82, 2.24) is 15.3 Å². The number of nitrogens with one attached hydrogen (secondary N) is 2. The van der Waals surface area contributed by atoms with Crippen molar-refractivity contribution in [2.45, 2.75) is 26.4 Å². The standard InChI is InChI=1S/C22H21N3O3S/c1-12-18-20(26)24-17(25-21(18)29-19(12)22(27)28-3)11-23-13(2)15-10-6-8-14-7-4-5-9-16(14)15/h4-10,13,23H,11H2,1-3H3,(H,24,25,26)/t13-/m0/s1. The number of benzene rings is 2. The molecule has 2 aromatic carbocycles. The maximum absolute atomic E-state index is 12.6. The van der Waals surface area contributed by atoms with Crippen LogP contribution < -0.4 is 10.9 Å². The quantitative estimate of drug-likeness (QED) is 0.487. The molecule has 0 radical (unpaired) electrons. The van der Waals surface area contributed by atoms with Crippen LogP contribution in [0, 0.1) is 6.92 Å². The number of nitrogens with zero attached hydrogens (tertiary/aromatic N) is 1. The van der Waals surface area contributed by atoms with Crippen LogP contribution in [0.3, 0.4) is 0 Å². The molecule has 4 aromatic rings. The summed E-state index contributed by atoms with van der Waals surface area (Å²) in [5.74, 6) is 0.0846. The van der Waals surface area contributed by atoms with Gasteiger partial charge in [0.2, 0.25) is 0 Å². The SMILES string of the molecule is COC(=O)c1sc2nc(CN[C@@H](C)c3cccc4ccccc34)[nH]c(=O)c2c1C. The van der Waals surface area contributed by atoms with Gasteiger partial charge in [0.25, 0.3) is 5.56 Å². The second-order valence-corrected chi connectivity index (χ2v) is 7.91. The number of H-pyrrole nitrogens is 1. The molecular formula is C22H21N3O3S. The summed E-state index contributed by atoms with van der Waals surface area (Å²) < 4.78 is 4.80. The van der Waals surface area contributed by atoms with Crippen LogP contribution in [0.1, 0.15) is 39.6 Å². The van der Waals surface area contributed by atoms with Gasteiger partial charge in [0.15, 0.2) is 0 Å². The fraction of sp³-hybridized carbons (Fsp3) is 0.227. The first-order chi connectivity index (χ1) is 14.0. The summed E-state index contributed by atoms with van der Waals surface area (Å²) >= 11 is 1.18. The molecule has 0 spiro atoms. The monoisotopic (exact) mass is 407 g/mol. The van der Waals surface area contributed by atoms with Crippen molar-refractivity contribution in [2.24, 2.45) is 0 Å². The number of hydrogen-bond donors (Lipinski definition) is 2. The molecule has 2 N–H and O–H groups in total. The highest BCUT2D eigenvalue weighted by molar-refractivity contribution is 7.20. The van der Waals surface area contributed by atoms with E-state index in [0.29, 0.717) is 33.0 Å². The van der Waals surface area contributed by atoms with Crippen LogP contribution >= 0.6 is 11.3 Å². The van der Waals surface area contributed by atoms with Gasteiger partial charge in [-0.1, -0.05) is 42.5 Å². The van der Waals surface area contributed by atoms with Crippen LogP contribution in [0.25, 0.3) is 21.0 Å². The third kappa shape index (κ3) is 3.54. The molecule has 0 saturated carbocycles. The predicted octanol–water partition coefficient (Wildman–Crippen LogP) is 4.08. The highest BCUT2D eigenvalue weighted by Crippen LogP contribution is 2.28. The van der Waals surface area contributed by atoms with E-state index in [4.69, 9.17) is 4.74 Å². The Morgan fingerprint density at radius 1 is 1.24 bits per heavy atom. The van der Waals surface area contributed by atoms with E-state index in [9.17, 15) is 9.59 Å². The van der Waals surface area contributed by atoms with E-state index < -0.39 is 5.97 Å². The van der Waals surface area contributed by atoms with Gasteiger partial charge in [-0.25, -0.2) is 9.78 Å². The van der Waals surface area contributed by atoms with Gasteiger partial charge in [-0.2, -0.15) is 0 Å². The zero-order valence-corrected chi connectivity index (χ0v) is 17.2. The first kappa shape index (κ1) is 19.3. The molecule has 0 aliphatic heterocycles. The summed E-state index contributed by atoms with van der Waals surface area (Å²) in [7, 11) is 1.33. The first-order valence-corrected chi connectivity index (χ1v) is 10.1. The van der Waals surface area contributed by atoms with Gasteiger partial charge in [-0.05, 0) is 35.7 Å². The Morgan fingerprint density at radius 3 is 2.79 bits per heavy atom. The van der Waals surface area contributed by atoms with Crippen molar-refractivity contribution in [3.8, 4) is 0 Å². The Hall–Kier alpha value is -3.03. The molecule has 0 aliphatic carbocycles. The molecule has 0 amide bonds. The maximum atomic E-state index is 12.6. The van der Waals surface area contributed by atoms with Gasteiger partial charge in [0.1, 0.15) is 15.5 Å². The van der Waals surface area contributed by atoms with Crippen molar-refractivity contribution >= 4 is 38.3 Å². The van der Waals surface area contributed by atoms with Crippen LogP contribution in [0.4, 0.5) is 0 Å². The zero-order chi connectivity index (χ0) is 20.5. The normalized spacial score (nSPS) is 12.4. The predicted molar refractivity (Wildman–Crippen MR) is 116 cm³/mol. The molecule has 2 aromatic heterocycles. The van der Waals surface area contributed by atoms with Gasteiger partial charge in [-0.15, -0.1) is 11.3 Å². The number of esters is 1. The fourth-order valence-corrected chi connectivity index (χ4v) is 4.67. The van der Waals surface area contributed by atoms with E-state index in [2.05, 4.69) is 46.5 Å². The second-order valence-electron chi connectivity index (χ2n) is 6.91. The Balaban J connectivity index is 1.61. The average molecular weight is 407 g/mol. The van der Waals surface area contributed by atoms with E-state index >= 15 is 0 Å². The molecule has 1 atom stereocenters. The van der Waals surface area contributed by atoms with Crippen molar-refractivity contribution in [3.63, 3.8) is 0 Å². The number of ether oxygens (including phenoxy) is 1. The molecule has 7 heteroatoms. The lowest BCUT2D eigenvalue weighted by Gasteiger charge is -2.16. The number of aromatic amines is 1. The molecule has 6 nitrogen and oxygen atoms in total. The summed E-state index contributed by atoms with van der Waals surface area (Å²) in [5, 5.41) is 6.27. The summed E-state index contributed by atoms with van der Waals surface area (Å²) in [4.78, 5) is 32.8. The lowest BCUT2D eigenvalue weighted by atomic mass is 10.00. The largest absolute Gasteiger partial charge is 0.465 e. The minimum atomic E-state index is -0.450. The molecule has 4 rings (SSSR count). The molecule has 0 fully saturated rings. The average Bonchev–Trinajstić information content (AvgIpc) is 3.07. The Bertz CT molecular complexity index is 1270. The summed E-state index contributed by atoms with van der Waals surface area (Å²) in [6.45, 7) is 4.23. The third-order valence-corrected chi connectivity index (χ3v) is 6.25. The molecule has 0 aliphatic rings. The molecule has 0 unspecified atom stereocenters. The number of aryl methyl sites for hydroxylation is 1. The number of aromatic nitrogens is 2. The zero-order valence-electron chi connectivity index (χ0n) is 16.4. The number of hydrogen-bond acceptors (Lipinski definition) is 6. The lowest BCUT2D eigenvalue weighted by Crippen LogP contribution is -2.22.